The highest BCUT2D eigenvalue weighted by molar-refractivity contribution is 5.99. The van der Waals surface area contributed by atoms with Gasteiger partial charge in [0.15, 0.2) is 0 Å². The lowest BCUT2D eigenvalue weighted by molar-refractivity contribution is 0.0740. The normalized spacial score (nSPS) is 13.9. The van der Waals surface area contributed by atoms with Crippen molar-refractivity contribution in [1.29, 1.82) is 0 Å². The van der Waals surface area contributed by atoms with Gasteiger partial charge in [-0.3, -0.25) is 4.79 Å². The number of piperazine rings is 1. The van der Waals surface area contributed by atoms with Gasteiger partial charge in [-0.15, -0.1) is 0 Å². The summed E-state index contributed by atoms with van der Waals surface area (Å²) in [5, 5.41) is 0. The van der Waals surface area contributed by atoms with Crippen molar-refractivity contribution in [1.82, 2.24) is 4.90 Å². The number of amides is 1. The maximum atomic E-state index is 13.1. The molecule has 0 atom stereocenters. The van der Waals surface area contributed by atoms with Gasteiger partial charge in [0.2, 0.25) is 0 Å². The minimum Gasteiger partial charge on any atom is -0.496 e. The Morgan fingerprint density at radius 1 is 0.897 bits per heavy atom. The van der Waals surface area contributed by atoms with E-state index in [4.69, 9.17) is 9.47 Å². The van der Waals surface area contributed by atoms with Gasteiger partial charge in [-0.1, -0.05) is 6.07 Å². The first-order chi connectivity index (χ1) is 14.1. The molecule has 2 aromatic carbocycles. The zero-order valence-corrected chi connectivity index (χ0v) is 17.9. The van der Waals surface area contributed by atoms with Crippen LogP contribution in [0.15, 0.2) is 42.5 Å². The van der Waals surface area contributed by atoms with Crippen molar-refractivity contribution >= 4 is 17.3 Å². The Morgan fingerprint density at radius 3 is 1.93 bits per heavy atom. The smallest absolute Gasteiger partial charge is 0.261 e. The van der Waals surface area contributed by atoms with Gasteiger partial charge < -0.3 is 24.2 Å². The molecule has 1 fully saturated rings. The number of rotatable bonds is 7. The number of hydrogen-bond acceptors (Lipinski definition) is 5. The average molecular weight is 398 g/mol. The molecule has 2 aromatic rings. The van der Waals surface area contributed by atoms with E-state index in [9.17, 15) is 4.79 Å². The molecule has 0 unspecified atom stereocenters. The maximum absolute atomic E-state index is 13.1. The first kappa shape index (κ1) is 20.8. The fraction of sp³-hybridized carbons (Fsp3) is 0.435. The second-order valence-electron chi connectivity index (χ2n) is 7.01. The molecular formula is C23H31N3O3. The lowest BCUT2D eigenvalue weighted by Crippen LogP contribution is -2.48. The van der Waals surface area contributed by atoms with Gasteiger partial charge in [0, 0.05) is 50.6 Å². The Kier molecular flexibility index (Phi) is 6.86. The zero-order chi connectivity index (χ0) is 20.8. The summed E-state index contributed by atoms with van der Waals surface area (Å²) in [6.07, 6.45) is 0. The first-order valence-electron chi connectivity index (χ1n) is 10.2. The van der Waals surface area contributed by atoms with Gasteiger partial charge in [-0.05, 0) is 50.2 Å². The van der Waals surface area contributed by atoms with Crippen LogP contribution in [-0.2, 0) is 0 Å². The van der Waals surface area contributed by atoms with Crippen molar-refractivity contribution in [2.75, 3.05) is 63.3 Å². The number of methoxy groups -OCH3 is 2. The summed E-state index contributed by atoms with van der Waals surface area (Å²) in [6.45, 7) is 9.28. The summed E-state index contributed by atoms with van der Waals surface area (Å²) >= 11 is 0. The van der Waals surface area contributed by atoms with Gasteiger partial charge in [0.25, 0.3) is 5.91 Å². The third kappa shape index (κ3) is 4.42. The van der Waals surface area contributed by atoms with E-state index < -0.39 is 0 Å². The molecule has 0 N–H and O–H groups in total. The maximum Gasteiger partial charge on any atom is 0.261 e. The fourth-order valence-corrected chi connectivity index (χ4v) is 3.85. The van der Waals surface area contributed by atoms with E-state index in [1.807, 2.05) is 11.0 Å². The summed E-state index contributed by atoms with van der Waals surface area (Å²) in [5.74, 6) is 1.04. The van der Waals surface area contributed by atoms with E-state index in [-0.39, 0.29) is 5.91 Å². The molecule has 1 aliphatic heterocycles. The number of anilines is 2. The summed E-state index contributed by atoms with van der Waals surface area (Å²) in [4.78, 5) is 19.7. The summed E-state index contributed by atoms with van der Waals surface area (Å²) < 4.78 is 10.8. The highest BCUT2D eigenvalue weighted by Gasteiger charge is 2.27. The van der Waals surface area contributed by atoms with E-state index in [0.29, 0.717) is 30.2 Å². The van der Waals surface area contributed by atoms with Crippen LogP contribution in [0.3, 0.4) is 0 Å². The van der Waals surface area contributed by atoms with Crippen molar-refractivity contribution in [2.45, 2.75) is 13.8 Å². The van der Waals surface area contributed by atoms with Crippen molar-refractivity contribution in [3.8, 4) is 11.5 Å². The van der Waals surface area contributed by atoms with Crippen LogP contribution in [0.2, 0.25) is 0 Å². The zero-order valence-electron chi connectivity index (χ0n) is 17.9. The lowest BCUT2D eigenvalue weighted by Gasteiger charge is -2.36. The third-order valence-corrected chi connectivity index (χ3v) is 5.55. The van der Waals surface area contributed by atoms with Crippen molar-refractivity contribution in [3.05, 3.63) is 48.0 Å². The SMILES string of the molecule is CCN(CC)c1ccc(N2CCN(C(=O)c3c(OC)cccc3OC)CC2)cc1. The molecule has 0 aliphatic carbocycles. The second-order valence-corrected chi connectivity index (χ2v) is 7.01. The number of carbonyl (C=O) groups excluding carboxylic acids is 1. The molecule has 1 amide bonds. The molecule has 6 nitrogen and oxygen atoms in total. The van der Waals surface area contributed by atoms with Gasteiger partial charge in [0.1, 0.15) is 17.1 Å². The summed E-state index contributed by atoms with van der Waals surface area (Å²) in [5.41, 5.74) is 2.94. The van der Waals surface area contributed by atoms with E-state index in [1.54, 1.807) is 26.4 Å². The first-order valence-corrected chi connectivity index (χ1v) is 10.2. The molecule has 29 heavy (non-hydrogen) atoms. The minimum atomic E-state index is -0.0455. The topological polar surface area (TPSA) is 45.2 Å². The fourth-order valence-electron chi connectivity index (χ4n) is 3.85. The molecule has 0 aromatic heterocycles. The van der Waals surface area contributed by atoms with E-state index in [0.717, 1.165) is 26.2 Å². The summed E-state index contributed by atoms with van der Waals surface area (Å²) in [7, 11) is 3.15. The Bertz CT molecular complexity index is 788. The number of ether oxygens (including phenoxy) is 2. The number of nitrogens with zero attached hydrogens (tertiary/aromatic N) is 3. The van der Waals surface area contributed by atoms with Gasteiger partial charge in [-0.2, -0.15) is 0 Å². The van der Waals surface area contributed by atoms with E-state index >= 15 is 0 Å². The molecule has 6 heteroatoms. The standard InChI is InChI=1S/C23H31N3O3/c1-5-24(6-2)18-10-12-19(13-11-18)25-14-16-26(17-15-25)23(27)22-20(28-3)8-7-9-21(22)29-4/h7-13H,5-6,14-17H2,1-4H3. The molecular weight excluding hydrogens is 366 g/mol. The molecule has 1 heterocycles. The Morgan fingerprint density at radius 2 is 1.45 bits per heavy atom. The van der Waals surface area contributed by atoms with Crippen LogP contribution in [-0.4, -0.2) is 64.3 Å². The van der Waals surface area contributed by atoms with Crippen LogP contribution in [0, 0.1) is 0 Å². The molecule has 1 aliphatic rings. The molecule has 0 radical (unpaired) electrons. The quantitative estimate of drug-likeness (QED) is 0.715. The monoisotopic (exact) mass is 397 g/mol. The van der Waals surface area contributed by atoms with Crippen LogP contribution in [0.4, 0.5) is 11.4 Å². The van der Waals surface area contributed by atoms with Crippen molar-refractivity contribution < 1.29 is 14.3 Å². The predicted molar refractivity (Wildman–Crippen MR) is 118 cm³/mol. The second kappa shape index (κ2) is 9.54. The van der Waals surface area contributed by atoms with Gasteiger partial charge in [-0.25, -0.2) is 0 Å². The number of benzene rings is 2. The molecule has 0 saturated carbocycles. The van der Waals surface area contributed by atoms with Crippen LogP contribution in [0.25, 0.3) is 0 Å². The molecule has 156 valence electrons. The van der Waals surface area contributed by atoms with Crippen molar-refractivity contribution in [3.63, 3.8) is 0 Å². The van der Waals surface area contributed by atoms with E-state index in [1.165, 1.54) is 11.4 Å². The Balaban J connectivity index is 1.67. The van der Waals surface area contributed by atoms with Crippen LogP contribution in [0.1, 0.15) is 24.2 Å². The Hall–Kier alpha value is -2.89. The Labute approximate surface area is 173 Å². The largest absolute Gasteiger partial charge is 0.496 e. The third-order valence-electron chi connectivity index (χ3n) is 5.55. The molecule has 0 spiro atoms. The van der Waals surface area contributed by atoms with Gasteiger partial charge >= 0.3 is 0 Å². The van der Waals surface area contributed by atoms with Crippen molar-refractivity contribution in [2.24, 2.45) is 0 Å². The molecule has 3 rings (SSSR count). The number of hydrogen-bond donors (Lipinski definition) is 0. The highest BCUT2D eigenvalue weighted by atomic mass is 16.5. The van der Waals surface area contributed by atoms with Crippen LogP contribution in [0.5, 0.6) is 11.5 Å². The summed E-state index contributed by atoms with van der Waals surface area (Å²) in [6, 6.07) is 14.1. The van der Waals surface area contributed by atoms with E-state index in [2.05, 4.69) is 47.9 Å². The number of carbonyl (C=O) groups is 1. The van der Waals surface area contributed by atoms with Gasteiger partial charge in [0.05, 0.1) is 14.2 Å². The minimum absolute atomic E-state index is 0.0455. The average Bonchev–Trinajstić information content (AvgIpc) is 2.79. The lowest BCUT2D eigenvalue weighted by atomic mass is 10.1. The molecule has 0 bridgehead atoms. The van der Waals surface area contributed by atoms with Crippen LogP contribution >= 0.6 is 0 Å². The van der Waals surface area contributed by atoms with Crippen LogP contribution < -0.4 is 19.3 Å². The predicted octanol–water partition coefficient (Wildman–Crippen LogP) is 3.51. The molecule has 1 saturated heterocycles. The highest BCUT2D eigenvalue weighted by Crippen LogP contribution is 2.30.